The molecule has 0 aromatic heterocycles. The third kappa shape index (κ3) is 4.52. The van der Waals surface area contributed by atoms with E-state index in [0.717, 1.165) is 62.8 Å². The number of morpholine rings is 1. The lowest BCUT2D eigenvalue weighted by atomic mass is 9.75. The van der Waals surface area contributed by atoms with Crippen LogP contribution in [0.3, 0.4) is 0 Å². The van der Waals surface area contributed by atoms with Gasteiger partial charge >= 0.3 is 0 Å². The van der Waals surface area contributed by atoms with Crippen LogP contribution in [0.25, 0.3) is 0 Å². The van der Waals surface area contributed by atoms with Crippen LogP contribution in [-0.2, 0) is 22.6 Å². The maximum Gasteiger partial charge on any atom is 0.126 e. The molecule has 0 spiro atoms. The molecule has 0 aliphatic carbocycles. The van der Waals surface area contributed by atoms with E-state index < -0.39 is 0 Å². The Hall–Kier alpha value is -2.08. The molecule has 0 unspecified atom stereocenters. The minimum absolute atomic E-state index is 0.0500. The largest absolute Gasteiger partial charge is 0.489 e. The Kier molecular flexibility index (Phi) is 6.15. The molecule has 2 fully saturated rings. The summed E-state index contributed by atoms with van der Waals surface area (Å²) in [4.78, 5) is 2.43. The average molecular weight is 438 g/mol. The molecule has 2 saturated heterocycles. The second-order valence-electron chi connectivity index (χ2n) is 9.92. The molecule has 0 radical (unpaired) electrons. The van der Waals surface area contributed by atoms with E-state index in [1.807, 2.05) is 6.07 Å². The van der Waals surface area contributed by atoms with Gasteiger partial charge in [0.2, 0.25) is 0 Å². The molecule has 3 atom stereocenters. The number of fused-ring (bicyclic) bond motifs is 3. The topological polar surface area (TPSA) is 40.2 Å². The van der Waals surface area contributed by atoms with Gasteiger partial charge < -0.3 is 18.9 Å². The summed E-state index contributed by atoms with van der Waals surface area (Å²) in [5.74, 6) is 2.22. The Morgan fingerprint density at radius 2 is 1.84 bits per heavy atom. The third-order valence-electron chi connectivity index (χ3n) is 7.13. The Balaban J connectivity index is 1.49. The normalized spacial score (nSPS) is 27.2. The van der Waals surface area contributed by atoms with Crippen molar-refractivity contribution in [3.63, 3.8) is 0 Å². The molecule has 32 heavy (non-hydrogen) atoms. The first-order valence-corrected chi connectivity index (χ1v) is 12.0. The minimum atomic E-state index is -0.250. The first-order chi connectivity index (χ1) is 15.5. The lowest BCUT2D eigenvalue weighted by molar-refractivity contribution is -0.144. The third-order valence-corrected chi connectivity index (χ3v) is 7.13. The highest BCUT2D eigenvalue weighted by atomic mass is 16.5. The molecule has 0 N–H and O–H groups in total. The van der Waals surface area contributed by atoms with E-state index in [1.54, 1.807) is 0 Å². The average Bonchev–Trinajstić information content (AvgIpc) is 2.79. The van der Waals surface area contributed by atoms with Gasteiger partial charge in [-0.2, -0.15) is 0 Å². The van der Waals surface area contributed by atoms with Crippen LogP contribution in [0, 0.1) is 5.92 Å². The maximum atomic E-state index is 6.59. The van der Waals surface area contributed by atoms with Crippen molar-refractivity contribution in [1.82, 2.24) is 4.90 Å². The summed E-state index contributed by atoms with van der Waals surface area (Å²) in [6.45, 7) is 11.4. The Morgan fingerprint density at radius 1 is 1.06 bits per heavy atom. The van der Waals surface area contributed by atoms with E-state index in [1.165, 1.54) is 11.1 Å². The van der Waals surface area contributed by atoms with Gasteiger partial charge in [0.25, 0.3) is 0 Å². The number of benzene rings is 2. The number of hydrogen-bond acceptors (Lipinski definition) is 5. The van der Waals surface area contributed by atoms with E-state index in [2.05, 4.69) is 62.1 Å². The van der Waals surface area contributed by atoms with Gasteiger partial charge in [-0.25, -0.2) is 0 Å². The van der Waals surface area contributed by atoms with Gasteiger partial charge in [-0.15, -0.1) is 0 Å². The first kappa shape index (κ1) is 21.7. The van der Waals surface area contributed by atoms with Crippen molar-refractivity contribution in [2.45, 2.75) is 64.6 Å². The van der Waals surface area contributed by atoms with Crippen molar-refractivity contribution >= 4 is 0 Å². The van der Waals surface area contributed by atoms with Crippen molar-refractivity contribution in [3.8, 4) is 11.5 Å². The fourth-order valence-electron chi connectivity index (χ4n) is 5.26. The van der Waals surface area contributed by atoms with Crippen LogP contribution < -0.4 is 9.47 Å². The molecule has 5 nitrogen and oxygen atoms in total. The number of hydrogen-bond donors (Lipinski definition) is 0. The number of rotatable bonds is 5. The molecule has 0 saturated carbocycles. The van der Waals surface area contributed by atoms with Crippen molar-refractivity contribution < 1.29 is 18.9 Å². The summed E-state index contributed by atoms with van der Waals surface area (Å²) < 4.78 is 25.1. The summed E-state index contributed by atoms with van der Waals surface area (Å²) in [5.41, 5.74) is 3.22. The Labute approximate surface area is 191 Å². The van der Waals surface area contributed by atoms with E-state index in [0.29, 0.717) is 12.5 Å². The Morgan fingerprint density at radius 3 is 2.62 bits per heavy atom. The highest BCUT2D eigenvalue weighted by Gasteiger charge is 2.47. The maximum absolute atomic E-state index is 6.59. The van der Waals surface area contributed by atoms with E-state index in [4.69, 9.17) is 18.9 Å². The quantitative estimate of drug-likeness (QED) is 0.649. The van der Waals surface area contributed by atoms with Crippen molar-refractivity contribution in [1.29, 1.82) is 0 Å². The highest BCUT2D eigenvalue weighted by molar-refractivity contribution is 5.50. The van der Waals surface area contributed by atoms with Crippen LogP contribution in [0.5, 0.6) is 11.5 Å². The highest BCUT2D eigenvalue weighted by Crippen LogP contribution is 2.52. The molecular formula is C27H35NO4. The zero-order valence-corrected chi connectivity index (χ0v) is 19.5. The van der Waals surface area contributed by atoms with Crippen molar-refractivity contribution in [3.05, 3.63) is 59.2 Å². The molecule has 3 aliphatic rings. The zero-order valence-electron chi connectivity index (χ0n) is 19.5. The van der Waals surface area contributed by atoms with Gasteiger partial charge in [-0.05, 0) is 51.3 Å². The smallest absolute Gasteiger partial charge is 0.126 e. The van der Waals surface area contributed by atoms with Gasteiger partial charge in [0.1, 0.15) is 23.7 Å². The second kappa shape index (κ2) is 9.05. The van der Waals surface area contributed by atoms with Crippen LogP contribution in [0.4, 0.5) is 0 Å². The molecule has 0 amide bonds. The molecule has 5 heteroatoms. The van der Waals surface area contributed by atoms with Crippen LogP contribution in [0.1, 0.15) is 56.4 Å². The lowest BCUT2D eigenvalue weighted by Crippen LogP contribution is -2.48. The molecule has 3 heterocycles. The van der Waals surface area contributed by atoms with Gasteiger partial charge in [-0.3, -0.25) is 4.90 Å². The van der Waals surface area contributed by atoms with E-state index in [9.17, 15) is 0 Å². The number of ether oxygens (including phenoxy) is 4. The molecule has 5 rings (SSSR count). The lowest BCUT2D eigenvalue weighted by Gasteiger charge is -2.48. The van der Waals surface area contributed by atoms with Crippen molar-refractivity contribution in [2.24, 2.45) is 5.92 Å². The molecule has 3 aliphatic heterocycles. The van der Waals surface area contributed by atoms with Crippen molar-refractivity contribution in [2.75, 3.05) is 26.3 Å². The van der Waals surface area contributed by atoms with Gasteiger partial charge in [0.05, 0.1) is 25.4 Å². The van der Waals surface area contributed by atoms with Crippen LogP contribution >= 0.6 is 0 Å². The SMILES string of the molecule is C[C@@H]1CC[C@@H]2[C@@H](O1)c1cc(OCc3ccccc3)c(CN3CCOCC3)cc1OC2(C)C. The molecule has 2 aromatic rings. The second-order valence-corrected chi connectivity index (χ2v) is 9.92. The van der Waals surface area contributed by atoms with Crippen LogP contribution in [0.2, 0.25) is 0 Å². The summed E-state index contributed by atoms with van der Waals surface area (Å²) in [6, 6.07) is 14.7. The summed E-state index contributed by atoms with van der Waals surface area (Å²) >= 11 is 0. The molecule has 172 valence electrons. The van der Waals surface area contributed by atoms with E-state index >= 15 is 0 Å². The molecule has 2 aromatic carbocycles. The predicted octanol–water partition coefficient (Wildman–Crippen LogP) is 5.13. The van der Waals surface area contributed by atoms with Crippen LogP contribution in [0.15, 0.2) is 42.5 Å². The fourth-order valence-corrected chi connectivity index (χ4v) is 5.26. The van der Waals surface area contributed by atoms with Gasteiger partial charge in [-0.1, -0.05) is 30.3 Å². The zero-order chi connectivity index (χ0) is 22.1. The predicted molar refractivity (Wildman–Crippen MR) is 124 cm³/mol. The Bertz CT molecular complexity index is 923. The molecular weight excluding hydrogens is 402 g/mol. The summed E-state index contributed by atoms with van der Waals surface area (Å²) in [5, 5.41) is 0. The van der Waals surface area contributed by atoms with Gasteiger partial charge in [0, 0.05) is 36.7 Å². The first-order valence-electron chi connectivity index (χ1n) is 12.0. The summed E-state index contributed by atoms with van der Waals surface area (Å²) in [7, 11) is 0. The minimum Gasteiger partial charge on any atom is -0.489 e. The molecule has 0 bridgehead atoms. The standard InChI is InChI=1S/C27H35NO4/c1-19-9-10-23-26(31-19)22-16-24(30-18-20-7-5-4-6-8-20)21(15-25(22)32-27(23,2)3)17-28-11-13-29-14-12-28/h4-8,15-16,19,23,26H,9-14,17-18H2,1-3H3/t19-,23-,26+/m1/s1. The monoisotopic (exact) mass is 437 g/mol. The van der Waals surface area contributed by atoms with E-state index in [-0.39, 0.29) is 17.8 Å². The van der Waals surface area contributed by atoms with Gasteiger partial charge in [0.15, 0.2) is 0 Å². The number of nitrogens with zero attached hydrogens (tertiary/aromatic N) is 1. The summed E-state index contributed by atoms with van der Waals surface area (Å²) in [6.07, 6.45) is 2.51. The fraction of sp³-hybridized carbons (Fsp3) is 0.556. The van der Waals surface area contributed by atoms with Crippen LogP contribution in [-0.4, -0.2) is 42.9 Å².